The van der Waals surface area contributed by atoms with Crippen molar-refractivity contribution in [2.24, 2.45) is 5.92 Å². The molecule has 1 heteroatoms. The number of ether oxygens (including phenoxy) is 1. The minimum Gasteiger partial charge on any atom is -0.373 e. The summed E-state index contributed by atoms with van der Waals surface area (Å²) in [6, 6.07) is 0. The van der Waals surface area contributed by atoms with E-state index in [4.69, 9.17) is 4.74 Å². The van der Waals surface area contributed by atoms with E-state index < -0.39 is 0 Å². The third kappa shape index (κ3) is 1.26. The molecule has 0 unspecified atom stereocenters. The van der Waals surface area contributed by atoms with E-state index >= 15 is 0 Å². The summed E-state index contributed by atoms with van der Waals surface area (Å²) in [4.78, 5) is 0. The van der Waals surface area contributed by atoms with Crippen molar-refractivity contribution >= 4 is 0 Å². The van der Waals surface area contributed by atoms with Crippen LogP contribution in [0.1, 0.15) is 32.1 Å². The quantitative estimate of drug-likeness (QED) is 0.489. The van der Waals surface area contributed by atoms with Crippen molar-refractivity contribution < 1.29 is 4.74 Å². The highest BCUT2D eigenvalue weighted by Gasteiger charge is 2.32. The molecule has 52 valence electrons. The third-order valence-corrected chi connectivity index (χ3v) is 2.53. The highest BCUT2D eigenvalue weighted by molar-refractivity contribution is 4.81. The Labute approximate surface area is 56.4 Å². The molecule has 1 nitrogen and oxygen atoms in total. The van der Waals surface area contributed by atoms with Gasteiger partial charge < -0.3 is 4.74 Å². The minimum absolute atomic E-state index is 0.685. The Morgan fingerprint density at radius 2 is 1.67 bits per heavy atom. The van der Waals surface area contributed by atoms with Crippen LogP contribution >= 0.6 is 0 Å². The fourth-order valence-electron chi connectivity index (χ4n) is 1.83. The maximum absolute atomic E-state index is 5.25. The van der Waals surface area contributed by atoms with Crippen molar-refractivity contribution in [3.8, 4) is 0 Å². The van der Waals surface area contributed by atoms with Gasteiger partial charge in [0.1, 0.15) is 0 Å². The van der Waals surface area contributed by atoms with Gasteiger partial charge in [-0.2, -0.15) is 0 Å². The van der Waals surface area contributed by atoms with Crippen molar-refractivity contribution in [3.63, 3.8) is 0 Å². The van der Waals surface area contributed by atoms with Crippen molar-refractivity contribution in [2.75, 3.05) is 6.61 Å². The van der Waals surface area contributed by atoms with Gasteiger partial charge in [-0.25, -0.2) is 0 Å². The first kappa shape index (κ1) is 5.72. The third-order valence-electron chi connectivity index (χ3n) is 2.53. The molecular weight excluding hydrogens is 112 g/mol. The number of hydrogen-bond donors (Lipinski definition) is 0. The van der Waals surface area contributed by atoms with Gasteiger partial charge in [-0.3, -0.25) is 0 Å². The maximum atomic E-state index is 5.25. The molecule has 0 aromatic rings. The highest BCUT2D eigenvalue weighted by Crippen LogP contribution is 2.32. The van der Waals surface area contributed by atoms with Crippen LogP contribution in [0.3, 0.4) is 0 Å². The van der Waals surface area contributed by atoms with Crippen LogP contribution in [0.2, 0.25) is 0 Å². The van der Waals surface area contributed by atoms with Gasteiger partial charge in [0.15, 0.2) is 0 Å². The van der Waals surface area contributed by atoms with Crippen LogP contribution < -0.4 is 0 Å². The van der Waals surface area contributed by atoms with E-state index in [-0.39, 0.29) is 0 Å². The smallest absolute Gasteiger partial charge is 0.0838 e. The Hall–Kier alpha value is -0.0400. The van der Waals surface area contributed by atoms with Gasteiger partial charge in [0, 0.05) is 0 Å². The van der Waals surface area contributed by atoms with Crippen LogP contribution in [0, 0.1) is 5.92 Å². The summed E-state index contributed by atoms with van der Waals surface area (Å²) in [7, 11) is 0. The van der Waals surface area contributed by atoms with Gasteiger partial charge in [0.25, 0.3) is 0 Å². The van der Waals surface area contributed by atoms with Gasteiger partial charge in [0.2, 0.25) is 0 Å². The lowest BCUT2D eigenvalue weighted by Gasteiger charge is -2.18. The van der Waals surface area contributed by atoms with E-state index in [0.717, 1.165) is 12.5 Å². The average molecular weight is 126 g/mol. The second-order valence-corrected chi connectivity index (χ2v) is 3.27. The largest absolute Gasteiger partial charge is 0.373 e. The van der Waals surface area contributed by atoms with E-state index in [1.165, 1.54) is 32.1 Å². The molecule has 0 bridgehead atoms. The standard InChI is InChI=1S/C8H14O/c1-2-4-7(5-3-1)8-6-9-8/h7-8H,1-6H2/t8-/m1/s1. The van der Waals surface area contributed by atoms with Crippen molar-refractivity contribution in [1.29, 1.82) is 0 Å². The van der Waals surface area contributed by atoms with E-state index in [1.807, 2.05) is 0 Å². The first-order chi connectivity index (χ1) is 4.47. The van der Waals surface area contributed by atoms with Crippen molar-refractivity contribution in [2.45, 2.75) is 38.2 Å². The minimum atomic E-state index is 0.685. The molecular formula is C8H14O. The van der Waals surface area contributed by atoms with E-state index in [2.05, 4.69) is 0 Å². The highest BCUT2D eigenvalue weighted by atomic mass is 16.6. The Morgan fingerprint density at radius 3 is 2.22 bits per heavy atom. The molecule has 2 fully saturated rings. The second-order valence-electron chi connectivity index (χ2n) is 3.27. The van der Waals surface area contributed by atoms with Crippen LogP contribution in [-0.2, 0) is 4.74 Å². The molecule has 0 radical (unpaired) electrons. The van der Waals surface area contributed by atoms with Crippen LogP contribution in [0.5, 0.6) is 0 Å². The number of epoxide rings is 1. The van der Waals surface area contributed by atoms with Crippen LogP contribution in [0.25, 0.3) is 0 Å². The molecule has 0 amide bonds. The molecule has 9 heavy (non-hydrogen) atoms. The second kappa shape index (κ2) is 2.30. The number of hydrogen-bond acceptors (Lipinski definition) is 1. The molecule has 0 aromatic heterocycles. The summed E-state index contributed by atoms with van der Waals surface area (Å²) in [5.74, 6) is 0.943. The van der Waals surface area contributed by atoms with E-state index in [1.54, 1.807) is 0 Å². The van der Waals surface area contributed by atoms with Crippen LogP contribution in [0.15, 0.2) is 0 Å². The summed E-state index contributed by atoms with van der Waals surface area (Å²) in [6.45, 7) is 1.06. The molecule has 0 spiro atoms. The molecule has 1 aliphatic heterocycles. The summed E-state index contributed by atoms with van der Waals surface area (Å²) < 4.78 is 5.25. The molecule has 2 aliphatic rings. The van der Waals surface area contributed by atoms with Gasteiger partial charge >= 0.3 is 0 Å². The van der Waals surface area contributed by atoms with Gasteiger partial charge in [-0.1, -0.05) is 19.3 Å². The number of rotatable bonds is 1. The Bertz CT molecular complexity index is 90.7. The maximum Gasteiger partial charge on any atom is 0.0838 e. The van der Waals surface area contributed by atoms with Gasteiger partial charge in [0.05, 0.1) is 12.7 Å². The molecule has 0 N–H and O–H groups in total. The SMILES string of the molecule is C1CCC([C@H]2CO2)CC1. The molecule has 1 saturated heterocycles. The fourth-order valence-corrected chi connectivity index (χ4v) is 1.83. The topological polar surface area (TPSA) is 12.5 Å². The fraction of sp³-hybridized carbons (Fsp3) is 1.00. The molecule has 0 aromatic carbocycles. The zero-order valence-corrected chi connectivity index (χ0v) is 5.81. The van der Waals surface area contributed by atoms with Crippen LogP contribution in [0.4, 0.5) is 0 Å². The lowest BCUT2D eigenvalue weighted by atomic mass is 9.87. The Balaban J connectivity index is 1.80. The van der Waals surface area contributed by atoms with Crippen LogP contribution in [-0.4, -0.2) is 12.7 Å². The zero-order valence-electron chi connectivity index (χ0n) is 5.81. The molecule has 1 atom stereocenters. The molecule has 1 heterocycles. The van der Waals surface area contributed by atoms with Gasteiger partial charge in [-0.15, -0.1) is 0 Å². The average Bonchev–Trinajstić information content (AvgIpc) is 2.71. The van der Waals surface area contributed by atoms with E-state index in [0.29, 0.717) is 6.10 Å². The molecule has 2 rings (SSSR count). The Morgan fingerprint density at radius 1 is 1.00 bits per heavy atom. The summed E-state index contributed by atoms with van der Waals surface area (Å²) in [5.41, 5.74) is 0. The Kier molecular flexibility index (Phi) is 1.46. The monoisotopic (exact) mass is 126 g/mol. The summed E-state index contributed by atoms with van der Waals surface area (Å²) in [5, 5.41) is 0. The van der Waals surface area contributed by atoms with Crippen molar-refractivity contribution in [1.82, 2.24) is 0 Å². The first-order valence-corrected chi connectivity index (χ1v) is 4.08. The predicted molar refractivity (Wildman–Crippen MR) is 36.3 cm³/mol. The van der Waals surface area contributed by atoms with E-state index in [9.17, 15) is 0 Å². The lowest BCUT2D eigenvalue weighted by Crippen LogP contribution is -2.11. The first-order valence-electron chi connectivity index (χ1n) is 4.08. The normalized spacial score (nSPS) is 36.7. The molecule has 1 aliphatic carbocycles. The summed E-state index contributed by atoms with van der Waals surface area (Å²) in [6.07, 6.45) is 7.92. The lowest BCUT2D eigenvalue weighted by molar-refractivity contribution is 0.266. The predicted octanol–water partition coefficient (Wildman–Crippen LogP) is 1.97. The zero-order chi connectivity index (χ0) is 6.10. The van der Waals surface area contributed by atoms with Crippen molar-refractivity contribution in [3.05, 3.63) is 0 Å². The van der Waals surface area contributed by atoms with Gasteiger partial charge in [-0.05, 0) is 18.8 Å². The summed E-state index contributed by atoms with van der Waals surface area (Å²) >= 11 is 0. The molecule has 1 saturated carbocycles.